The third kappa shape index (κ3) is 5.59. The minimum absolute atomic E-state index is 0. The molecule has 1 unspecified atom stereocenters. The van der Waals surface area contributed by atoms with Gasteiger partial charge in [0, 0.05) is 38.4 Å². The third-order valence-electron chi connectivity index (χ3n) is 4.18. The van der Waals surface area contributed by atoms with Gasteiger partial charge < -0.3 is 10.6 Å². The van der Waals surface area contributed by atoms with Gasteiger partial charge in [0.05, 0.1) is 5.54 Å². The molecular weight excluding hydrogens is 371 g/mol. The van der Waals surface area contributed by atoms with Crippen molar-refractivity contribution in [3.63, 3.8) is 0 Å². The van der Waals surface area contributed by atoms with Crippen LogP contribution in [0.25, 0.3) is 0 Å². The molecule has 150 valence electrons. The second-order valence-electron chi connectivity index (χ2n) is 7.31. The van der Waals surface area contributed by atoms with Crippen LogP contribution in [0.5, 0.6) is 0 Å². The molecule has 1 aliphatic rings. The molecule has 1 aromatic rings. The maximum absolute atomic E-state index is 13.3. The van der Waals surface area contributed by atoms with Crippen molar-refractivity contribution in [2.24, 2.45) is 0 Å². The van der Waals surface area contributed by atoms with Crippen LogP contribution in [0.3, 0.4) is 0 Å². The number of alkyl halides is 3. The van der Waals surface area contributed by atoms with Gasteiger partial charge in [0.2, 0.25) is 0 Å². The first-order valence-corrected chi connectivity index (χ1v) is 8.37. The van der Waals surface area contributed by atoms with Crippen molar-refractivity contribution in [3.8, 4) is 0 Å². The van der Waals surface area contributed by atoms with Gasteiger partial charge in [-0.3, -0.25) is 14.4 Å². The number of carbonyl (C=O) groups is 1. The standard InChI is InChI=1S/C16H26F3N5O.ClH/c1-11-9-12(22-24(11)15(2,3)4)14(25)21-10-13(16(17,18)19)23-7-5-20-6-8-23;/h9,13,20H,5-8,10H2,1-4H3,(H,21,25);1H. The number of aryl methyl sites for hydroxylation is 1. The van der Waals surface area contributed by atoms with E-state index in [2.05, 4.69) is 15.7 Å². The number of nitrogens with one attached hydrogen (secondary N) is 2. The van der Waals surface area contributed by atoms with Crippen molar-refractivity contribution in [2.75, 3.05) is 32.7 Å². The monoisotopic (exact) mass is 397 g/mol. The molecule has 1 aromatic heterocycles. The van der Waals surface area contributed by atoms with Gasteiger partial charge in [-0.2, -0.15) is 18.3 Å². The maximum atomic E-state index is 13.3. The number of hydrogen-bond donors (Lipinski definition) is 2. The van der Waals surface area contributed by atoms with Gasteiger partial charge in [-0.15, -0.1) is 12.4 Å². The van der Waals surface area contributed by atoms with Crippen LogP contribution in [0, 0.1) is 6.92 Å². The van der Waals surface area contributed by atoms with Gasteiger partial charge in [0.15, 0.2) is 0 Å². The Balaban J connectivity index is 0.00000338. The molecule has 0 aliphatic carbocycles. The van der Waals surface area contributed by atoms with E-state index < -0.39 is 24.7 Å². The zero-order chi connectivity index (χ0) is 18.8. The van der Waals surface area contributed by atoms with Crippen molar-refractivity contribution in [3.05, 3.63) is 17.5 Å². The summed E-state index contributed by atoms with van der Waals surface area (Å²) in [5.74, 6) is -0.588. The van der Waals surface area contributed by atoms with Gasteiger partial charge in [-0.25, -0.2) is 0 Å². The minimum atomic E-state index is -4.40. The van der Waals surface area contributed by atoms with Gasteiger partial charge in [0.25, 0.3) is 5.91 Å². The predicted octanol–water partition coefficient (Wildman–Crippen LogP) is 1.93. The Morgan fingerprint density at radius 2 is 1.88 bits per heavy atom. The van der Waals surface area contributed by atoms with Gasteiger partial charge in [0.1, 0.15) is 11.7 Å². The lowest BCUT2D eigenvalue weighted by molar-refractivity contribution is -0.183. The van der Waals surface area contributed by atoms with Crippen LogP contribution in [-0.2, 0) is 5.54 Å². The Kier molecular flexibility index (Phi) is 7.50. The van der Waals surface area contributed by atoms with E-state index in [9.17, 15) is 18.0 Å². The van der Waals surface area contributed by atoms with Crippen molar-refractivity contribution in [1.29, 1.82) is 0 Å². The molecule has 2 rings (SSSR count). The number of nitrogens with zero attached hydrogens (tertiary/aromatic N) is 3. The van der Waals surface area contributed by atoms with Gasteiger partial charge in [-0.1, -0.05) is 0 Å². The predicted molar refractivity (Wildman–Crippen MR) is 95.8 cm³/mol. The first kappa shape index (κ1) is 22.7. The topological polar surface area (TPSA) is 62.2 Å². The molecule has 26 heavy (non-hydrogen) atoms. The Labute approximate surface area is 157 Å². The molecule has 0 spiro atoms. The molecule has 1 fully saturated rings. The van der Waals surface area contributed by atoms with Crippen molar-refractivity contribution in [1.82, 2.24) is 25.3 Å². The van der Waals surface area contributed by atoms with Crippen molar-refractivity contribution < 1.29 is 18.0 Å². The molecule has 0 radical (unpaired) electrons. The van der Waals surface area contributed by atoms with Crippen molar-refractivity contribution >= 4 is 18.3 Å². The summed E-state index contributed by atoms with van der Waals surface area (Å²) in [6.07, 6.45) is -4.40. The quantitative estimate of drug-likeness (QED) is 0.815. The Hall–Kier alpha value is -1.32. The highest BCUT2D eigenvalue weighted by atomic mass is 35.5. The van der Waals surface area contributed by atoms with Crippen LogP contribution in [0.2, 0.25) is 0 Å². The molecule has 10 heteroatoms. The fourth-order valence-corrected chi connectivity index (χ4v) is 2.99. The zero-order valence-corrected chi connectivity index (χ0v) is 16.3. The number of halogens is 4. The Morgan fingerprint density at radius 1 is 1.31 bits per heavy atom. The first-order valence-electron chi connectivity index (χ1n) is 8.37. The molecule has 1 amide bonds. The molecule has 1 aliphatic heterocycles. The van der Waals surface area contributed by atoms with E-state index in [1.807, 2.05) is 27.7 Å². The molecule has 0 aromatic carbocycles. The van der Waals surface area contributed by atoms with E-state index in [0.29, 0.717) is 26.2 Å². The van der Waals surface area contributed by atoms with E-state index in [0.717, 1.165) is 5.69 Å². The minimum Gasteiger partial charge on any atom is -0.349 e. The van der Waals surface area contributed by atoms with E-state index in [1.165, 1.54) is 4.90 Å². The fraction of sp³-hybridized carbons (Fsp3) is 0.750. The van der Waals surface area contributed by atoms with Crippen LogP contribution >= 0.6 is 12.4 Å². The first-order chi connectivity index (χ1) is 11.5. The van der Waals surface area contributed by atoms with Crippen LogP contribution in [0.4, 0.5) is 13.2 Å². The second kappa shape index (κ2) is 8.58. The Morgan fingerprint density at radius 3 is 2.35 bits per heavy atom. The molecule has 0 bridgehead atoms. The fourth-order valence-electron chi connectivity index (χ4n) is 2.99. The summed E-state index contributed by atoms with van der Waals surface area (Å²) in [6, 6.07) is -0.0992. The van der Waals surface area contributed by atoms with Gasteiger partial charge >= 0.3 is 6.18 Å². The second-order valence-corrected chi connectivity index (χ2v) is 7.31. The highest BCUT2D eigenvalue weighted by Crippen LogP contribution is 2.25. The maximum Gasteiger partial charge on any atom is 0.405 e. The molecular formula is C16H27ClF3N5O. The number of aromatic nitrogens is 2. The normalized spacial score (nSPS) is 17.5. The van der Waals surface area contributed by atoms with Crippen LogP contribution < -0.4 is 10.6 Å². The van der Waals surface area contributed by atoms with E-state index in [-0.39, 0.29) is 23.6 Å². The summed E-state index contributed by atoms with van der Waals surface area (Å²) in [6.45, 7) is 8.79. The number of amides is 1. The molecule has 6 nitrogen and oxygen atoms in total. The zero-order valence-electron chi connectivity index (χ0n) is 15.5. The van der Waals surface area contributed by atoms with Crippen molar-refractivity contribution in [2.45, 2.75) is 45.5 Å². The van der Waals surface area contributed by atoms with Gasteiger partial charge in [-0.05, 0) is 33.8 Å². The molecule has 1 atom stereocenters. The highest BCUT2D eigenvalue weighted by molar-refractivity contribution is 5.92. The average molecular weight is 398 g/mol. The third-order valence-corrected chi connectivity index (χ3v) is 4.18. The summed E-state index contributed by atoms with van der Waals surface area (Å²) >= 11 is 0. The average Bonchev–Trinajstić information content (AvgIpc) is 2.89. The van der Waals surface area contributed by atoms with Crippen LogP contribution in [0.1, 0.15) is 37.0 Å². The van der Waals surface area contributed by atoms with E-state index >= 15 is 0 Å². The van der Waals surface area contributed by atoms with Crippen LogP contribution in [-0.4, -0.2) is 65.5 Å². The highest BCUT2D eigenvalue weighted by Gasteiger charge is 2.43. The van der Waals surface area contributed by atoms with E-state index in [1.54, 1.807) is 10.7 Å². The Bertz CT molecular complexity index is 606. The van der Waals surface area contributed by atoms with Crippen LogP contribution in [0.15, 0.2) is 6.07 Å². The number of piperazine rings is 1. The summed E-state index contributed by atoms with van der Waals surface area (Å²) in [5.41, 5.74) is 0.610. The summed E-state index contributed by atoms with van der Waals surface area (Å²) in [7, 11) is 0. The number of rotatable bonds is 4. The summed E-state index contributed by atoms with van der Waals surface area (Å²) in [4.78, 5) is 13.6. The lowest BCUT2D eigenvalue weighted by atomic mass is 10.1. The van der Waals surface area contributed by atoms with E-state index in [4.69, 9.17) is 0 Å². The molecule has 1 saturated heterocycles. The SMILES string of the molecule is Cc1cc(C(=O)NCC(N2CCNCC2)C(F)(F)F)nn1C(C)(C)C.Cl. The smallest absolute Gasteiger partial charge is 0.349 e. The molecule has 0 saturated carbocycles. The molecule has 2 N–H and O–H groups in total. The number of hydrogen-bond acceptors (Lipinski definition) is 4. The summed E-state index contributed by atoms with van der Waals surface area (Å²) in [5, 5.41) is 9.66. The number of carbonyl (C=O) groups excluding carboxylic acids is 1. The summed E-state index contributed by atoms with van der Waals surface area (Å²) < 4.78 is 41.7. The molecule has 2 heterocycles. The largest absolute Gasteiger partial charge is 0.405 e. The lowest BCUT2D eigenvalue weighted by Crippen LogP contribution is -2.57. The lowest BCUT2D eigenvalue weighted by Gasteiger charge is -2.35.